The van der Waals surface area contributed by atoms with Gasteiger partial charge >= 0.3 is 0 Å². The van der Waals surface area contributed by atoms with Crippen molar-refractivity contribution in [2.24, 2.45) is 5.73 Å². The monoisotopic (exact) mass is 195 g/mol. The fourth-order valence-corrected chi connectivity index (χ4v) is 2.49. The molecule has 0 amide bonds. The summed E-state index contributed by atoms with van der Waals surface area (Å²) in [4.78, 5) is 3.01. The molecule has 1 aliphatic rings. The van der Waals surface area contributed by atoms with Crippen LogP contribution in [-0.2, 0) is 12.8 Å². The van der Waals surface area contributed by atoms with Crippen LogP contribution >= 0.6 is 11.3 Å². The van der Waals surface area contributed by atoms with Gasteiger partial charge in [-0.3, -0.25) is 0 Å². The van der Waals surface area contributed by atoms with Gasteiger partial charge < -0.3 is 5.73 Å². The van der Waals surface area contributed by atoms with Gasteiger partial charge in [-0.15, -0.1) is 11.3 Å². The van der Waals surface area contributed by atoms with Crippen molar-refractivity contribution >= 4 is 11.3 Å². The minimum atomic E-state index is 0.219. The van der Waals surface area contributed by atoms with Crippen LogP contribution in [0.15, 0.2) is 12.1 Å². The first-order chi connectivity index (χ1) is 6.22. The van der Waals surface area contributed by atoms with Gasteiger partial charge in [0.25, 0.3) is 0 Å². The Labute approximate surface area is 84.0 Å². The van der Waals surface area contributed by atoms with Gasteiger partial charge in [-0.1, -0.05) is 6.92 Å². The van der Waals surface area contributed by atoms with Crippen molar-refractivity contribution in [1.82, 2.24) is 0 Å². The number of hydrogen-bond donors (Lipinski definition) is 1. The second kappa shape index (κ2) is 3.43. The summed E-state index contributed by atoms with van der Waals surface area (Å²) >= 11 is 1.95. The molecule has 13 heavy (non-hydrogen) atoms. The molecule has 1 nitrogen and oxygen atoms in total. The molecule has 1 fully saturated rings. The van der Waals surface area contributed by atoms with E-state index in [1.165, 1.54) is 41.9 Å². The maximum atomic E-state index is 6.04. The average Bonchev–Trinajstić information content (AvgIpc) is 2.69. The molecule has 2 heteroatoms. The molecule has 1 heterocycles. The predicted molar refractivity (Wildman–Crippen MR) is 58.2 cm³/mol. The van der Waals surface area contributed by atoms with Crippen LogP contribution in [0.1, 0.15) is 35.9 Å². The van der Waals surface area contributed by atoms with Crippen molar-refractivity contribution in [3.05, 3.63) is 21.9 Å². The summed E-state index contributed by atoms with van der Waals surface area (Å²) in [5, 5.41) is 0. The van der Waals surface area contributed by atoms with Gasteiger partial charge in [0.2, 0.25) is 0 Å². The van der Waals surface area contributed by atoms with E-state index in [4.69, 9.17) is 5.73 Å². The molecule has 0 aromatic carbocycles. The van der Waals surface area contributed by atoms with Gasteiger partial charge in [0.05, 0.1) is 0 Å². The zero-order valence-corrected chi connectivity index (χ0v) is 8.99. The molecule has 0 saturated heterocycles. The Balaban J connectivity index is 1.87. The van der Waals surface area contributed by atoms with Gasteiger partial charge in [-0.25, -0.2) is 0 Å². The summed E-state index contributed by atoms with van der Waals surface area (Å²) in [5.41, 5.74) is 6.26. The second-order valence-electron chi connectivity index (χ2n) is 4.08. The molecule has 0 atom stereocenters. The molecule has 0 unspecified atom stereocenters. The van der Waals surface area contributed by atoms with E-state index in [0.717, 1.165) is 0 Å². The van der Waals surface area contributed by atoms with E-state index >= 15 is 0 Å². The van der Waals surface area contributed by atoms with Crippen LogP contribution in [0.3, 0.4) is 0 Å². The summed E-state index contributed by atoms with van der Waals surface area (Å²) in [6.45, 7) is 2.21. The lowest BCUT2D eigenvalue weighted by Gasteiger charge is -2.05. The van der Waals surface area contributed by atoms with Crippen molar-refractivity contribution in [1.29, 1.82) is 0 Å². The second-order valence-corrected chi connectivity index (χ2v) is 5.34. The molecular formula is C11H17NS. The van der Waals surface area contributed by atoms with Crippen LogP contribution in [0, 0.1) is 0 Å². The van der Waals surface area contributed by atoms with Crippen molar-refractivity contribution in [3.8, 4) is 0 Å². The van der Waals surface area contributed by atoms with E-state index in [-0.39, 0.29) is 5.54 Å². The Bertz CT molecular complexity index is 286. The highest BCUT2D eigenvalue weighted by atomic mass is 32.1. The van der Waals surface area contributed by atoms with Crippen molar-refractivity contribution in [2.75, 3.05) is 0 Å². The quantitative estimate of drug-likeness (QED) is 0.785. The molecule has 0 radical (unpaired) electrons. The zero-order chi connectivity index (χ0) is 9.31. The van der Waals surface area contributed by atoms with Gasteiger partial charge in [0.1, 0.15) is 0 Å². The molecule has 2 rings (SSSR count). The van der Waals surface area contributed by atoms with E-state index in [0.29, 0.717) is 0 Å². The lowest BCUT2D eigenvalue weighted by Crippen LogP contribution is -2.21. The molecular weight excluding hydrogens is 178 g/mol. The van der Waals surface area contributed by atoms with Crippen LogP contribution in [0.5, 0.6) is 0 Å². The van der Waals surface area contributed by atoms with E-state index in [1.807, 2.05) is 11.3 Å². The minimum absolute atomic E-state index is 0.219. The Morgan fingerprint density at radius 1 is 1.38 bits per heavy atom. The Morgan fingerprint density at radius 3 is 2.62 bits per heavy atom. The smallest absolute Gasteiger partial charge is 0.0159 e. The molecule has 1 saturated carbocycles. The van der Waals surface area contributed by atoms with E-state index in [1.54, 1.807) is 0 Å². The first-order valence-electron chi connectivity index (χ1n) is 5.08. The highest BCUT2D eigenvalue weighted by Crippen LogP contribution is 2.37. The number of aryl methyl sites for hydroxylation is 2. The topological polar surface area (TPSA) is 26.0 Å². The van der Waals surface area contributed by atoms with Crippen molar-refractivity contribution in [3.63, 3.8) is 0 Å². The Hall–Kier alpha value is -0.340. The summed E-state index contributed by atoms with van der Waals surface area (Å²) in [6, 6.07) is 4.51. The fourth-order valence-electron chi connectivity index (χ4n) is 1.53. The Kier molecular flexibility index (Phi) is 2.43. The number of nitrogens with two attached hydrogens (primary N) is 1. The third-order valence-electron chi connectivity index (χ3n) is 2.83. The number of rotatable bonds is 4. The van der Waals surface area contributed by atoms with Crippen LogP contribution in [0.4, 0.5) is 0 Å². The molecule has 0 spiro atoms. The highest BCUT2D eigenvalue weighted by Gasteiger charge is 2.37. The largest absolute Gasteiger partial charge is 0.325 e. The van der Waals surface area contributed by atoms with E-state index < -0.39 is 0 Å². The molecule has 0 bridgehead atoms. The lowest BCUT2D eigenvalue weighted by molar-refractivity contribution is 0.612. The molecule has 1 aliphatic carbocycles. The lowest BCUT2D eigenvalue weighted by atomic mass is 10.1. The highest BCUT2D eigenvalue weighted by molar-refractivity contribution is 7.11. The molecule has 1 aromatic rings. The third kappa shape index (κ3) is 2.32. The molecule has 0 aliphatic heterocycles. The first-order valence-corrected chi connectivity index (χ1v) is 5.90. The van der Waals surface area contributed by atoms with E-state index in [9.17, 15) is 0 Å². The average molecular weight is 195 g/mol. The summed E-state index contributed by atoms with van der Waals surface area (Å²) in [6.07, 6.45) is 5.99. The number of hydrogen-bond acceptors (Lipinski definition) is 2. The van der Waals surface area contributed by atoms with Gasteiger partial charge in [0.15, 0.2) is 0 Å². The van der Waals surface area contributed by atoms with Crippen LogP contribution in [0.2, 0.25) is 0 Å². The molecule has 1 aromatic heterocycles. The standard InChI is InChI=1S/C11H17NS/c1-2-9-3-4-10(13-9)5-6-11(12)7-8-11/h3-4H,2,5-8,12H2,1H3. The summed E-state index contributed by atoms with van der Waals surface area (Å²) < 4.78 is 0. The number of thiophene rings is 1. The van der Waals surface area contributed by atoms with Gasteiger partial charge in [-0.2, -0.15) is 0 Å². The van der Waals surface area contributed by atoms with Crippen LogP contribution in [-0.4, -0.2) is 5.54 Å². The SMILES string of the molecule is CCc1ccc(CCC2(N)CC2)s1. The van der Waals surface area contributed by atoms with E-state index in [2.05, 4.69) is 19.1 Å². The Morgan fingerprint density at radius 2 is 2.08 bits per heavy atom. The predicted octanol–water partition coefficient (Wildman–Crippen LogP) is 2.73. The van der Waals surface area contributed by atoms with Crippen molar-refractivity contribution in [2.45, 2.75) is 44.6 Å². The maximum Gasteiger partial charge on any atom is 0.0159 e. The molecule has 2 N–H and O–H groups in total. The fraction of sp³-hybridized carbons (Fsp3) is 0.636. The van der Waals surface area contributed by atoms with Crippen LogP contribution < -0.4 is 5.73 Å². The van der Waals surface area contributed by atoms with Crippen LogP contribution in [0.25, 0.3) is 0 Å². The third-order valence-corrected chi connectivity index (χ3v) is 4.12. The summed E-state index contributed by atoms with van der Waals surface area (Å²) in [7, 11) is 0. The van der Waals surface area contributed by atoms with Crippen molar-refractivity contribution < 1.29 is 0 Å². The minimum Gasteiger partial charge on any atom is -0.325 e. The maximum absolute atomic E-state index is 6.04. The summed E-state index contributed by atoms with van der Waals surface area (Å²) in [5.74, 6) is 0. The molecule has 72 valence electrons. The van der Waals surface area contributed by atoms with Gasteiger partial charge in [-0.05, 0) is 44.2 Å². The van der Waals surface area contributed by atoms with Gasteiger partial charge in [0, 0.05) is 15.3 Å². The zero-order valence-electron chi connectivity index (χ0n) is 8.18. The first kappa shape index (κ1) is 9.22. The normalized spacial score (nSPS) is 18.9.